The molecule has 0 bridgehead atoms. The summed E-state index contributed by atoms with van der Waals surface area (Å²) in [5.41, 5.74) is 1.16. The molecular formula is C19H14F3N4O5S+. The Hall–Kier alpha value is -3.71. The van der Waals surface area contributed by atoms with E-state index >= 15 is 0 Å². The molecule has 0 radical (unpaired) electrons. The Balaban J connectivity index is 1.69. The summed E-state index contributed by atoms with van der Waals surface area (Å²) in [4.78, 5) is 18.0. The molecule has 0 saturated carbocycles. The molecule has 0 aliphatic carbocycles. The van der Waals surface area contributed by atoms with Gasteiger partial charge in [-0.05, 0) is 48.9 Å². The molecule has 13 heteroatoms. The Morgan fingerprint density at radius 2 is 1.88 bits per heavy atom. The average molecular weight is 467 g/mol. The number of aromatic nitrogens is 2. The molecule has 166 valence electrons. The number of rotatable bonds is 5. The molecule has 3 N–H and O–H groups in total. The highest BCUT2D eigenvalue weighted by atomic mass is 32.2. The van der Waals surface area contributed by atoms with Crippen LogP contribution < -0.4 is 9.75 Å². The molecule has 32 heavy (non-hydrogen) atoms. The maximum Gasteiger partial charge on any atom is 0.573 e. The number of ether oxygens (including phenoxy) is 1. The summed E-state index contributed by atoms with van der Waals surface area (Å²) in [6.07, 6.45) is -2.38. The molecule has 9 nitrogen and oxygen atoms in total. The first kappa shape index (κ1) is 21.5. The Kier molecular flexibility index (Phi) is 5.02. The first-order valence-electron chi connectivity index (χ1n) is 8.92. The van der Waals surface area contributed by atoms with Crippen molar-refractivity contribution in [3.8, 4) is 5.75 Å². The number of carbonyl (C=O) groups is 1. The van der Waals surface area contributed by atoms with Gasteiger partial charge < -0.3 is 9.84 Å². The Bertz CT molecular complexity index is 1390. The van der Waals surface area contributed by atoms with Crippen LogP contribution in [0.25, 0.3) is 11.0 Å². The number of aliphatic carboxylic acids is 1. The number of H-pyrrole nitrogens is 1. The fraction of sp³-hybridized carbons (Fsp3) is 0.105. The van der Waals surface area contributed by atoms with Crippen LogP contribution in [0.5, 0.6) is 5.75 Å². The summed E-state index contributed by atoms with van der Waals surface area (Å²) >= 11 is 0. The topological polar surface area (TPSA) is 126 Å². The maximum atomic E-state index is 13.1. The number of alkyl halides is 3. The van der Waals surface area contributed by atoms with Crippen molar-refractivity contribution in [3.63, 3.8) is 0 Å². The van der Waals surface area contributed by atoms with Crippen LogP contribution in [0.4, 0.5) is 19.1 Å². The molecule has 0 spiro atoms. The second-order valence-corrected chi connectivity index (χ2v) is 8.71. The zero-order chi connectivity index (χ0) is 23.3. The Labute approximate surface area is 178 Å². The predicted molar refractivity (Wildman–Crippen MR) is 104 cm³/mol. The molecule has 0 amide bonds. The van der Waals surface area contributed by atoms with Crippen molar-refractivity contribution in [2.24, 2.45) is 5.10 Å². The third kappa shape index (κ3) is 4.07. The van der Waals surface area contributed by atoms with Gasteiger partial charge in [-0.2, -0.15) is 4.98 Å². The first-order chi connectivity index (χ1) is 14.9. The first-order valence-corrected chi connectivity index (χ1v) is 10.4. The molecule has 2 heterocycles. The number of nitrogens with one attached hydrogen (secondary N) is 2. The van der Waals surface area contributed by atoms with Crippen molar-refractivity contribution in [1.82, 2.24) is 9.97 Å². The van der Waals surface area contributed by atoms with Gasteiger partial charge in [-0.3, -0.25) is 4.98 Å². The largest absolute Gasteiger partial charge is 0.573 e. The number of imidazole rings is 1. The highest BCUT2D eigenvalue weighted by Crippen LogP contribution is 2.30. The molecule has 1 aromatic heterocycles. The molecule has 1 unspecified atom stereocenters. The number of benzene rings is 2. The minimum Gasteiger partial charge on any atom is -0.477 e. The molecule has 3 aromatic rings. The lowest BCUT2D eigenvalue weighted by molar-refractivity contribution is -0.784. The van der Waals surface area contributed by atoms with Crippen LogP contribution in [0.2, 0.25) is 0 Å². The minimum atomic E-state index is -4.89. The number of aromatic amines is 1. The van der Waals surface area contributed by atoms with Gasteiger partial charge in [-0.25, -0.2) is 13.2 Å². The molecule has 1 aliphatic heterocycles. The van der Waals surface area contributed by atoms with E-state index in [0.29, 0.717) is 16.6 Å². The van der Waals surface area contributed by atoms with E-state index in [9.17, 15) is 26.4 Å². The quantitative estimate of drug-likeness (QED) is 0.528. The number of sulfone groups is 1. The van der Waals surface area contributed by atoms with Crippen LogP contribution in [0.15, 0.2) is 63.1 Å². The van der Waals surface area contributed by atoms with Gasteiger partial charge >= 0.3 is 18.3 Å². The predicted octanol–water partition coefficient (Wildman–Crippen LogP) is 2.09. The summed E-state index contributed by atoms with van der Waals surface area (Å²) in [7, 11) is -4.07. The maximum absolute atomic E-state index is 13.1. The number of halogens is 3. The van der Waals surface area contributed by atoms with Crippen LogP contribution in [0, 0.1) is 6.92 Å². The fourth-order valence-electron chi connectivity index (χ4n) is 3.11. The van der Waals surface area contributed by atoms with Crippen LogP contribution in [0.3, 0.4) is 0 Å². The van der Waals surface area contributed by atoms with Gasteiger partial charge in [0.15, 0.2) is 0 Å². The van der Waals surface area contributed by atoms with Crippen LogP contribution >= 0.6 is 0 Å². The second kappa shape index (κ2) is 7.46. The highest BCUT2D eigenvalue weighted by Gasteiger charge is 2.31. The summed E-state index contributed by atoms with van der Waals surface area (Å²) in [5, 5.41) is 13.3. The van der Waals surface area contributed by atoms with Crippen molar-refractivity contribution in [3.05, 3.63) is 53.7 Å². The van der Waals surface area contributed by atoms with E-state index in [4.69, 9.17) is 5.11 Å². The number of hydrogen-bond donors (Lipinski definition) is 3. The lowest BCUT2D eigenvalue weighted by atomic mass is 10.2. The van der Waals surface area contributed by atoms with Crippen molar-refractivity contribution >= 4 is 39.0 Å². The van der Waals surface area contributed by atoms with Gasteiger partial charge in [0.05, 0.1) is 20.8 Å². The third-order valence-corrected chi connectivity index (χ3v) is 6.47. The molecule has 4 rings (SSSR count). The summed E-state index contributed by atoms with van der Waals surface area (Å²) < 4.78 is 66.9. The number of carboxylic acids is 1. The second-order valence-electron chi connectivity index (χ2n) is 6.79. The van der Waals surface area contributed by atoms with Crippen molar-refractivity contribution in [1.29, 1.82) is 0 Å². The molecular weight excluding hydrogens is 453 g/mol. The molecule has 0 saturated heterocycles. The van der Waals surface area contributed by atoms with E-state index in [0.717, 1.165) is 24.3 Å². The molecule has 1 atom stereocenters. The Morgan fingerprint density at radius 1 is 1.19 bits per heavy atom. The summed E-state index contributed by atoms with van der Waals surface area (Å²) in [6.45, 7) is 1.57. The smallest absolute Gasteiger partial charge is 0.477 e. The normalized spacial score (nSPS) is 16.4. The average Bonchev–Trinajstić information content (AvgIpc) is 3.33. The molecule has 1 aliphatic rings. The van der Waals surface area contributed by atoms with E-state index in [-0.39, 0.29) is 26.3 Å². The van der Waals surface area contributed by atoms with Gasteiger partial charge in [0.25, 0.3) is 0 Å². The zero-order valence-electron chi connectivity index (χ0n) is 16.1. The number of fused-ring (bicyclic) bond motifs is 1. The lowest BCUT2D eigenvalue weighted by Gasteiger charge is -2.11. The van der Waals surface area contributed by atoms with Gasteiger partial charge in [0.2, 0.25) is 9.84 Å². The van der Waals surface area contributed by atoms with Crippen molar-refractivity contribution in [2.45, 2.75) is 23.1 Å². The van der Waals surface area contributed by atoms with E-state index in [1.54, 1.807) is 13.0 Å². The van der Waals surface area contributed by atoms with Crippen molar-refractivity contribution in [2.75, 3.05) is 0 Å². The van der Waals surface area contributed by atoms with Crippen molar-refractivity contribution < 1.29 is 41.2 Å². The van der Waals surface area contributed by atoms with Gasteiger partial charge in [-0.1, -0.05) is 5.10 Å². The Morgan fingerprint density at radius 3 is 2.47 bits per heavy atom. The minimum absolute atomic E-state index is 0.0159. The van der Waals surface area contributed by atoms with Gasteiger partial charge in [0.1, 0.15) is 23.7 Å². The lowest BCUT2D eigenvalue weighted by Crippen LogP contribution is -2.96. The SMILES string of the molecule is Cc1cc2[nH]c([NH+]3C=C(C(=O)O)C=N3)nc2cc1S(=O)(=O)c1ccc(OC(F)(F)F)cc1. The number of carboxylic acid groups (broad SMARTS) is 1. The highest BCUT2D eigenvalue weighted by molar-refractivity contribution is 7.91. The summed E-state index contributed by atoms with van der Waals surface area (Å²) in [5.74, 6) is -1.42. The van der Waals surface area contributed by atoms with Crippen LogP contribution in [0.1, 0.15) is 5.56 Å². The number of quaternary nitrogens is 1. The molecule has 0 fully saturated rings. The number of hydrogen-bond acceptors (Lipinski definition) is 6. The van der Waals surface area contributed by atoms with E-state index in [2.05, 4.69) is 19.8 Å². The monoisotopic (exact) mass is 467 g/mol. The summed E-state index contributed by atoms with van der Waals surface area (Å²) in [6, 6.07) is 6.78. The fourth-order valence-corrected chi connectivity index (χ4v) is 4.61. The van der Waals surface area contributed by atoms with Crippen LogP contribution in [-0.4, -0.2) is 42.0 Å². The zero-order valence-corrected chi connectivity index (χ0v) is 17.0. The number of nitrogens with zero attached hydrogens (tertiary/aromatic N) is 2. The number of aryl methyl sites for hydroxylation is 1. The third-order valence-electron chi connectivity index (χ3n) is 4.56. The van der Waals surface area contributed by atoms with E-state index < -0.39 is 27.9 Å². The standard InChI is InChI=1S/C19H13F3N4O5S/c1-10-6-14-15(25-18(24-14)26-9-11(8-23-26)17(27)28)7-16(10)32(29,30)13-4-2-12(3-5-13)31-19(20,21)22/h2-9H,1H3,(H,24,25)(H,27,28)/p+1. The molecule has 2 aromatic carbocycles. The van der Waals surface area contributed by atoms with E-state index in [1.807, 2.05) is 0 Å². The van der Waals surface area contributed by atoms with Gasteiger partial charge in [0, 0.05) is 0 Å². The van der Waals surface area contributed by atoms with E-state index in [1.165, 1.54) is 18.5 Å². The van der Waals surface area contributed by atoms with Gasteiger partial charge in [-0.15, -0.1) is 18.2 Å². The van der Waals surface area contributed by atoms with Crippen LogP contribution in [-0.2, 0) is 14.6 Å².